The predicted octanol–water partition coefficient (Wildman–Crippen LogP) is 17.1. The fourth-order valence-electron chi connectivity index (χ4n) is 10.8. The van der Waals surface area contributed by atoms with Gasteiger partial charge < -0.3 is 4.90 Å². The lowest BCUT2D eigenvalue weighted by atomic mass is 9.63. The molecule has 0 atom stereocenters. The normalized spacial score (nSPS) is 15.5. The van der Waals surface area contributed by atoms with Crippen molar-refractivity contribution in [2.45, 2.75) is 70.6 Å². The summed E-state index contributed by atoms with van der Waals surface area (Å²) in [6, 6.07) is 70.6. The van der Waals surface area contributed by atoms with Crippen molar-refractivity contribution in [3.05, 3.63) is 210 Å². The van der Waals surface area contributed by atoms with E-state index in [0.29, 0.717) is 0 Å². The van der Waals surface area contributed by atoms with Gasteiger partial charge in [-0.25, -0.2) is 0 Å². The quantitative estimate of drug-likeness (QED) is 0.151. The van der Waals surface area contributed by atoms with E-state index in [2.05, 4.69) is 234 Å². The summed E-state index contributed by atoms with van der Waals surface area (Å²) in [5.41, 5.74) is 19.4. The second-order valence-corrected chi connectivity index (χ2v) is 19.6. The predicted molar refractivity (Wildman–Crippen MR) is 265 cm³/mol. The molecule has 0 radical (unpaired) electrons. The monoisotopic (exact) mass is 799 g/mol. The number of rotatable bonds is 6. The number of hydrogen-bond donors (Lipinski definition) is 0. The smallest absolute Gasteiger partial charge is 0.0468 e. The molecule has 1 nitrogen and oxygen atoms in total. The molecular weight excluding hydrogens is 747 g/mol. The lowest BCUT2D eigenvalue weighted by Gasteiger charge is -2.42. The third kappa shape index (κ3) is 6.20. The average Bonchev–Trinajstić information content (AvgIpc) is 3.53. The molecular formula is C61H53N. The van der Waals surface area contributed by atoms with Gasteiger partial charge in [-0.05, 0) is 161 Å². The molecule has 2 aliphatic carbocycles. The molecule has 0 unspecified atom stereocenters. The largest absolute Gasteiger partial charge is 0.310 e. The summed E-state index contributed by atoms with van der Waals surface area (Å²) >= 11 is 0. The Morgan fingerprint density at radius 1 is 0.323 bits per heavy atom. The minimum Gasteiger partial charge on any atom is -0.310 e. The number of anilines is 3. The van der Waals surface area contributed by atoms with Gasteiger partial charge in [0.25, 0.3) is 0 Å². The maximum absolute atomic E-state index is 2.54. The van der Waals surface area contributed by atoms with Crippen LogP contribution in [0.5, 0.6) is 0 Å². The third-order valence-corrected chi connectivity index (χ3v) is 14.5. The van der Waals surface area contributed by atoms with E-state index in [0.717, 1.165) is 17.1 Å². The zero-order valence-corrected chi connectivity index (χ0v) is 36.8. The highest BCUT2D eigenvalue weighted by atomic mass is 15.1. The highest BCUT2D eigenvalue weighted by Crippen LogP contribution is 2.53. The minimum atomic E-state index is -0.126. The molecule has 1 heteroatoms. The summed E-state index contributed by atoms with van der Waals surface area (Å²) in [7, 11) is 0. The Morgan fingerprint density at radius 2 is 0.903 bits per heavy atom. The molecule has 302 valence electrons. The van der Waals surface area contributed by atoms with E-state index in [-0.39, 0.29) is 16.2 Å². The van der Waals surface area contributed by atoms with E-state index >= 15 is 0 Å². The molecule has 9 aromatic carbocycles. The number of nitrogens with zero attached hydrogens (tertiary/aromatic N) is 1. The first kappa shape index (κ1) is 38.2. The van der Waals surface area contributed by atoms with Crippen LogP contribution in [0.3, 0.4) is 0 Å². The zero-order valence-electron chi connectivity index (χ0n) is 36.8. The van der Waals surface area contributed by atoms with Crippen molar-refractivity contribution in [3.8, 4) is 44.5 Å². The van der Waals surface area contributed by atoms with Crippen molar-refractivity contribution < 1.29 is 0 Å². The second-order valence-electron chi connectivity index (χ2n) is 19.6. The number of benzene rings is 9. The summed E-state index contributed by atoms with van der Waals surface area (Å²) in [5.74, 6) is 0. The van der Waals surface area contributed by atoms with E-state index in [1.807, 2.05) is 0 Å². The number of hydrogen-bond acceptors (Lipinski definition) is 1. The second kappa shape index (κ2) is 14.2. The molecule has 0 N–H and O–H groups in total. The molecule has 2 aliphatic rings. The maximum Gasteiger partial charge on any atom is 0.0468 e. The molecule has 0 saturated carbocycles. The van der Waals surface area contributed by atoms with Gasteiger partial charge in [0.15, 0.2) is 0 Å². The Bertz CT molecular complexity index is 3200. The third-order valence-electron chi connectivity index (χ3n) is 14.5. The summed E-state index contributed by atoms with van der Waals surface area (Å²) in [4.78, 5) is 2.44. The summed E-state index contributed by atoms with van der Waals surface area (Å²) < 4.78 is 0. The molecule has 11 rings (SSSR count). The van der Waals surface area contributed by atoms with Crippen LogP contribution in [0.1, 0.15) is 76.6 Å². The first-order valence-electron chi connectivity index (χ1n) is 22.4. The van der Waals surface area contributed by atoms with Gasteiger partial charge in [-0.2, -0.15) is 0 Å². The molecule has 0 saturated heterocycles. The van der Waals surface area contributed by atoms with Gasteiger partial charge in [-0.3, -0.25) is 0 Å². The van der Waals surface area contributed by atoms with Crippen LogP contribution in [0.15, 0.2) is 188 Å². The summed E-state index contributed by atoms with van der Waals surface area (Å²) in [6.45, 7) is 14.5. The Balaban J connectivity index is 1.12. The van der Waals surface area contributed by atoms with Crippen LogP contribution in [-0.2, 0) is 16.2 Å². The molecule has 62 heavy (non-hydrogen) atoms. The van der Waals surface area contributed by atoms with Crippen molar-refractivity contribution in [2.24, 2.45) is 0 Å². The molecule has 0 amide bonds. The fourth-order valence-corrected chi connectivity index (χ4v) is 10.8. The lowest BCUT2D eigenvalue weighted by molar-refractivity contribution is 0.332. The van der Waals surface area contributed by atoms with Gasteiger partial charge in [0.1, 0.15) is 0 Å². The van der Waals surface area contributed by atoms with Crippen molar-refractivity contribution in [2.75, 3.05) is 4.90 Å². The van der Waals surface area contributed by atoms with Crippen LogP contribution in [0.4, 0.5) is 17.1 Å². The fraction of sp³-hybridized carbons (Fsp3) is 0.180. The van der Waals surface area contributed by atoms with Gasteiger partial charge in [0.2, 0.25) is 0 Å². The van der Waals surface area contributed by atoms with E-state index in [1.54, 1.807) is 0 Å². The van der Waals surface area contributed by atoms with Gasteiger partial charge in [-0.15, -0.1) is 0 Å². The van der Waals surface area contributed by atoms with Crippen LogP contribution in [0.2, 0.25) is 0 Å². The average molecular weight is 800 g/mol. The van der Waals surface area contributed by atoms with E-state index in [9.17, 15) is 0 Å². The Morgan fingerprint density at radius 3 is 1.71 bits per heavy atom. The zero-order chi connectivity index (χ0) is 42.4. The van der Waals surface area contributed by atoms with Crippen LogP contribution in [0, 0.1) is 0 Å². The van der Waals surface area contributed by atoms with Crippen molar-refractivity contribution in [1.29, 1.82) is 0 Å². The Kier molecular flexibility index (Phi) is 8.75. The van der Waals surface area contributed by atoms with E-state index in [1.165, 1.54) is 101 Å². The van der Waals surface area contributed by atoms with Crippen molar-refractivity contribution in [3.63, 3.8) is 0 Å². The van der Waals surface area contributed by atoms with Crippen molar-refractivity contribution >= 4 is 38.6 Å². The molecule has 0 fully saturated rings. The van der Waals surface area contributed by atoms with Gasteiger partial charge in [0.05, 0.1) is 0 Å². The standard InChI is InChI=1S/C61H53N/c1-59(2)33-34-60(3,4)58-36-45(28-32-56(58)59)52-38-54-50-21-12-13-22-55(50)61(5,6)57(54)39-53(52)44-18-14-19-47(35-44)62(46-29-25-41(26-30-46)40-15-8-7-9-16-40)48-31-27-43-24-23-42-17-10-11-20-49(42)51(43)37-48/h7-32,35-39H,33-34H2,1-6H3. The molecule has 0 heterocycles. The summed E-state index contributed by atoms with van der Waals surface area (Å²) in [6.07, 6.45) is 2.39. The Labute approximate surface area is 367 Å². The minimum absolute atomic E-state index is 0.105. The Hall–Kier alpha value is -6.70. The van der Waals surface area contributed by atoms with Crippen molar-refractivity contribution in [1.82, 2.24) is 0 Å². The maximum atomic E-state index is 2.54. The van der Waals surface area contributed by atoms with E-state index in [4.69, 9.17) is 0 Å². The van der Waals surface area contributed by atoms with Gasteiger partial charge in [-0.1, -0.05) is 181 Å². The highest BCUT2D eigenvalue weighted by molar-refractivity contribution is 6.09. The molecule has 0 spiro atoms. The van der Waals surface area contributed by atoms with Crippen LogP contribution in [0.25, 0.3) is 66.1 Å². The van der Waals surface area contributed by atoms with Crippen LogP contribution in [-0.4, -0.2) is 0 Å². The SMILES string of the molecule is CC1(C)CCC(C)(C)c2cc(-c3cc4c(cc3-c3cccc(N(c5ccc(-c6ccccc6)cc5)c5ccc6ccc7ccccc7c6c5)c3)C(C)(C)c3ccccc3-4)ccc21. The van der Waals surface area contributed by atoms with Crippen LogP contribution < -0.4 is 4.90 Å². The summed E-state index contributed by atoms with van der Waals surface area (Å²) in [5, 5.41) is 5.01. The van der Waals surface area contributed by atoms with Gasteiger partial charge in [0, 0.05) is 22.5 Å². The highest BCUT2D eigenvalue weighted by Gasteiger charge is 2.39. The first-order chi connectivity index (χ1) is 30.0. The molecule has 0 aliphatic heterocycles. The van der Waals surface area contributed by atoms with Gasteiger partial charge >= 0.3 is 0 Å². The first-order valence-corrected chi connectivity index (χ1v) is 22.4. The number of fused-ring (bicyclic) bond motifs is 7. The van der Waals surface area contributed by atoms with Crippen LogP contribution >= 0.6 is 0 Å². The molecule has 9 aromatic rings. The lowest BCUT2D eigenvalue weighted by Crippen LogP contribution is -2.33. The topological polar surface area (TPSA) is 3.24 Å². The molecule has 0 aromatic heterocycles. The van der Waals surface area contributed by atoms with E-state index < -0.39 is 0 Å². The molecule has 0 bridgehead atoms.